The van der Waals surface area contributed by atoms with Gasteiger partial charge in [-0.15, -0.1) is 0 Å². The van der Waals surface area contributed by atoms with Gasteiger partial charge >= 0.3 is 0 Å². The third-order valence-electron chi connectivity index (χ3n) is 6.70. The summed E-state index contributed by atoms with van der Waals surface area (Å²) >= 11 is 0. The molecule has 0 aliphatic carbocycles. The summed E-state index contributed by atoms with van der Waals surface area (Å²) in [6, 6.07) is 6.43. The standard InChI is InChI=1S/C27H44N2O/c1-5-6-7-8-9-10-11-12-13-14-15-16-20-29-23(2)27(3,4)26-24(21-28-22-30)18-17-19-25(26)29/h17-19,22H,2,5-16,20-21H2,1,3-4H3,(H,28,30). The van der Waals surface area contributed by atoms with Crippen molar-refractivity contribution in [2.24, 2.45) is 0 Å². The van der Waals surface area contributed by atoms with Crippen LogP contribution in [-0.2, 0) is 16.8 Å². The molecule has 1 amide bonds. The normalized spacial score (nSPS) is 14.8. The third kappa shape index (κ3) is 6.62. The van der Waals surface area contributed by atoms with Crippen LogP contribution in [0, 0.1) is 0 Å². The summed E-state index contributed by atoms with van der Waals surface area (Å²) in [5.74, 6) is 0. The number of hydrogen-bond acceptors (Lipinski definition) is 2. The molecule has 0 fully saturated rings. The average Bonchev–Trinajstić information content (AvgIpc) is 2.93. The number of allylic oxidation sites excluding steroid dienone is 1. The Kier molecular flexibility index (Phi) is 10.5. The fourth-order valence-corrected chi connectivity index (χ4v) is 4.83. The largest absolute Gasteiger partial charge is 0.355 e. The summed E-state index contributed by atoms with van der Waals surface area (Å²) < 4.78 is 0. The van der Waals surface area contributed by atoms with E-state index in [1.165, 1.54) is 99.6 Å². The van der Waals surface area contributed by atoms with Gasteiger partial charge in [-0.2, -0.15) is 0 Å². The zero-order valence-electron chi connectivity index (χ0n) is 19.8. The van der Waals surface area contributed by atoms with Crippen molar-refractivity contribution in [1.29, 1.82) is 0 Å². The molecule has 0 radical (unpaired) electrons. The maximum atomic E-state index is 10.8. The fraction of sp³-hybridized carbons (Fsp3) is 0.667. The summed E-state index contributed by atoms with van der Waals surface area (Å²) in [6.45, 7) is 12.8. The van der Waals surface area contributed by atoms with Crippen molar-refractivity contribution in [3.63, 3.8) is 0 Å². The Hall–Kier alpha value is -1.77. The second-order valence-electron chi connectivity index (χ2n) is 9.42. The van der Waals surface area contributed by atoms with E-state index in [-0.39, 0.29) is 5.41 Å². The van der Waals surface area contributed by atoms with Gasteiger partial charge in [-0.3, -0.25) is 4.79 Å². The highest BCUT2D eigenvalue weighted by molar-refractivity contribution is 5.72. The van der Waals surface area contributed by atoms with E-state index in [0.29, 0.717) is 6.54 Å². The van der Waals surface area contributed by atoms with Gasteiger partial charge in [0.25, 0.3) is 0 Å². The quantitative estimate of drug-likeness (QED) is 0.229. The van der Waals surface area contributed by atoms with Crippen LogP contribution in [0.15, 0.2) is 30.5 Å². The highest BCUT2D eigenvalue weighted by atomic mass is 16.1. The summed E-state index contributed by atoms with van der Waals surface area (Å²) in [5.41, 5.74) is 4.89. The number of anilines is 1. The number of rotatable bonds is 16. The topological polar surface area (TPSA) is 32.3 Å². The molecule has 0 atom stereocenters. The first kappa shape index (κ1) is 24.5. The minimum Gasteiger partial charge on any atom is -0.355 e. The first-order chi connectivity index (χ1) is 14.5. The van der Waals surface area contributed by atoms with Gasteiger partial charge in [0.05, 0.1) is 0 Å². The maximum Gasteiger partial charge on any atom is 0.207 e. The van der Waals surface area contributed by atoms with Crippen LogP contribution in [0.1, 0.15) is 109 Å². The molecule has 0 saturated heterocycles. The van der Waals surface area contributed by atoms with Crippen LogP contribution >= 0.6 is 0 Å². The van der Waals surface area contributed by atoms with Crippen molar-refractivity contribution >= 4 is 12.1 Å². The van der Waals surface area contributed by atoms with E-state index >= 15 is 0 Å². The molecule has 1 aliphatic rings. The van der Waals surface area contributed by atoms with E-state index in [1.807, 2.05) is 0 Å². The minimum atomic E-state index is -0.0897. The molecule has 1 aromatic carbocycles. The van der Waals surface area contributed by atoms with E-state index in [2.05, 4.69) is 55.8 Å². The molecule has 0 unspecified atom stereocenters. The molecular weight excluding hydrogens is 368 g/mol. The molecule has 1 N–H and O–H groups in total. The zero-order chi connectivity index (χ0) is 21.8. The molecule has 0 bridgehead atoms. The van der Waals surface area contributed by atoms with Gasteiger partial charge < -0.3 is 10.2 Å². The molecule has 2 rings (SSSR count). The lowest BCUT2D eigenvalue weighted by atomic mass is 9.81. The number of carbonyl (C=O) groups excluding carboxylic acids is 1. The summed E-state index contributed by atoms with van der Waals surface area (Å²) in [5, 5.41) is 2.83. The highest BCUT2D eigenvalue weighted by Crippen LogP contribution is 2.48. The molecule has 1 aliphatic heterocycles. The van der Waals surface area contributed by atoms with Crippen LogP contribution in [0.2, 0.25) is 0 Å². The van der Waals surface area contributed by atoms with Gasteiger partial charge in [-0.25, -0.2) is 0 Å². The summed E-state index contributed by atoms with van der Waals surface area (Å²) in [7, 11) is 0. The number of hydrogen-bond donors (Lipinski definition) is 1. The van der Waals surface area contributed by atoms with E-state index in [1.54, 1.807) is 0 Å². The lowest BCUT2D eigenvalue weighted by Gasteiger charge is -2.26. The zero-order valence-corrected chi connectivity index (χ0v) is 19.8. The van der Waals surface area contributed by atoms with E-state index in [4.69, 9.17) is 0 Å². The minimum absolute atomic E-state index is 0.0897. The molecule has 1 heterocycles. The highest BCUT2D eigenvalue weighted by Gasteiger charge is 2.40. The molecule has 30 heavy (non-hydrogen) atoms. The molecule has 1 aromatic rings. The maximum absolute atomic E-state index is 10.8. The van der Waals surface area contributed by atoms with Gasteiger partial charge in [-0.05, 0) is 23.6 Å². The average molecular weight is 413 g/mol. The molecular formula is C27H44N2O. The molecule has 0 spiro atoms. The number of nitrogens with one attached hydrogen (secondary N) is 1. The van der Waals surface area contributed by atoms with Crippen molar-refractivity contribution in [2.45, 2.75) is 110 Å². The van der Waals surface area contributed by atoms with Gasteiger partial charge in [0.1, 0.15) is 0 Å². The van der Waals surface area contributed by atoms with Crippen LogP contribution in [0.5, 0.6) is 0 Å². The predicted molar refractivity (Wildman–Crippen MR) is 130 cm³/mol. The Labute approximate surface area is 185 Å². The van der Waals surface area contributed by atoms with Crippen molar-refractivity contribution in [2.75, 3.05) is 11.4 Å². The molecule has 3 heteroatoms. The van der Waals surface area contributed by atoms with Crippen molar-refractivity contribution in [3.05, 3.63) is 41.6 Å². The summed E-state index contributed by atoms with van der Waals surface area (Å²) in [6.07, 6.45) is 17.3. The lowest BCUT2D eigenvalue weighted by molar-refractivity contribution is -0.109. The SMILES string of the molecule is C=C1N(CCCCCCCCCCCCCC)c2cccc(CNC=O)c2C1(C)C. The second kappa shape index (κ2) is 12.8. The Morgan fingerprint density at radius 1 is 0.933 bits per heavy atom. The van der Waals surface area contributed by atoms with Crippen molar-refractivity contribution < 1.29 is 4.79 Å². The first-order valence-corrected chi connectivity index (χ1v) is 12.3. The van der Waals surface area contributed by atoms with Crippen LogP contribution < -0.4 is 10.2 Å². The number of carbonyl (C=O) groups is 1. The number of unbranched alkanes of at least 4 members (excludes halogenated alkanes) is 11. The third-order valence-corrected chi connectivity index (χ3v) is 6.70. The molecule has 0 aromatic heterocycles. The molecule has 0 saturated carbocycles. The van der Waals surface area contributed by atoms with Gasteiger partial charge in [0.2, 0.25) is 6.41 Å². The summed E-state index contributed by atoms with van der Waals surface area (Å²) in [4.78, 5) is 13.2. The Balaban J connectivity index is 1.72. The fourth-order valence-electron chi connectivity index (χ4n) is 4.83. The number of amides is 1. The smallest absolute Gasteiger partial charge is 0.207 e. The van der Waals surface area contributed by atoms with Crippen LogP contribution in [-0.4, -0.2) is 13.0 Å². The van der Waals surface area contributed by atoms with E-state index in [0.717, 1.165) is 13.0 Å². The lowest BCUT2D eigenvalue weighted by Crippen LogP contribution is -2.26. The van der Waals surface area contributed by atoms with Crippen LogP contribution in [0.25, 0.3) is 0 Å². The van der Waals surface area contributed by atoms with E-state index in [9.17, 15) is 4.79 Å². The Bertz CT molecular complexity index is 665. The van der Waals surface area contributed by atoms with E-state index < -0.39 is 0 Å². The molecule has 3 nitrogen and oxygen atoms in total. The van der Waals surface area contributed by atoms with Crippen molar-refractivity contribution in [1.82, 2.24) is 5.32 Å². The number of fused-ring (bicyclic) bond motifs is 1. The molecule has 168 valence electrons. The van der Waals surface area contributed by atoms with Crippen LogP contribution in [0.4, 0.5) is 5.69 Å². The second-order valence-corrected chi connectivity index (χ2v) is 9.42. The Morgan fingerprint density at radius 2 is 1.50 bits per heavy atom. The first-order valence-electron chi connectivity index (χ1n) is 12.3. The van der Waals surface area contributed by atoms with Gasteiger partial charge in [0, 0.05) is 29.9 Å². The van der Waals surface area contributed by atoms with Crippen LogP contribution in [0.3, 0.4) is 0 Å². The van der Waals surface area contributed by atoms with Gasteiger partial charge in [0.15, 0.2) is 0 Å². The predicted octanol–water partition coefficient (Wildman–Crippen LogP) is 7.25. The number of benzene rings is 1. The Morgan fingerprint density at radius 3 is 2.07 bits per heavy atom. The van der Waals surface area contributed by atoms with Crippen molar-refractivity contribution in [3.8, 4) is 0 Å². The van der Waals surface area contributed by atoms with Gasteiger partial charge in [-0.1, -0.05) is 110 Å². The number of nitrogens with zero attached hydrogens (tertiary/aromatic N) is 1. The monoisotopic (exact) mass is 412 g/mol.